The fourth-order valence-electron chi connectivity index (χ4n) is 2.60. The van der Waals surface area contributed by atoms with E-state index >= 15 is 0 Å². The second-order valence-corrected chi connectivity index (χ2v) is 6.33. The van der Waals surface area contributed by atoms with E-state index in [1.165, 1.54) is 4.90 Å². The molecular weight excluding hydrogens is 254 g/mol. The van der Waals surface area contributed by atoms with Crippen LogP contribution < -0.4 is 0 Å². The molecule has 0 unspecified atom stereocenters. The molecule has 1 amide bonds. The first-order chi connectivity index (χ1) is 9.30. The quantitative estimate of drug-likeness (QED) is 0.842. The van der Waals surface area contributed by atoms with E-state index in [0.29, 0.717) is 18.5 Å². The molecule has 0 saturated carbocycles. The number of carbonyl (C=O) groups is 2. The van der Waals surface area contributed by atoms with Crippen molar-refractivity contribution in [2.45, 2.75) is 45.1 Å². The summed E-state index contributed by atoms with van der Waals surface area (Å²) in [6.45, 7) is 6.80. The lowest BCUT2D eigenvalue weighted by atomic mass is 9.86. The van der Waals surface area contributed by atoms with Crippen molar-refractivity contribution in [3.05, 3.63) is 35.4 Å². The summed E-state index contributed by atoms with van der Waals surface area (Å²) in [5.74, 6) is -0.0923. The van der Waals surface area contributed by atoms with Gasteiger partial charge in [-0.3, -0.25) is 9.69 Å². The van der Waals surface area contributed by atoms with Gasteiger partial charge in [0, 0.05) is 12.1 Å². The van der Waals surface area contributed by atoms with Crippen molar-refractivity contribution in [3.63, 3.8) is 0 Å². The van der Waals surface area contributed by atoms with E-state index in [0.717, 1.165) is 12.0 Å². The van der Waals surface area contributed by atoms with Gasteiger partial charge in [0.1, 0.15) is 0 Å². The first kappa shape index (κ1) is 14.6. The van der Waals surface area contributed by atoms with Gasteiger partial charge in [-0.1, -0.05) is 45.0 Å². The number of amides is 1. The predicted molar refractivity (Wildman–Crippen MR) is 77.2 cm³/mol. The molecular formula is C16H21NO3. The first-order valence-corrected chi connectivity index (χ1v) is 6.95. The Balaban J connectivity index is 2.19. The minimum Gasteiger partial charge on any atom is -0.465 e. The van der Waals surface area contributed by atoms with Crippen molar-refractivity contribution in [2.24, 2.45) is 0 Å². The highest BCUT2D eigenvalue weighted by Gasteiger charge is 2.34. The molecule has 1 heterocycles. The van der Waals surface area contributed by atoms with E-state index in [4.69, 9.17) is 5.11 Å². The summed E-state index contributed by atoms with van der Waals surface area (Å²) in [5.41, 5.74) is 1.80. The van der Waals surface area contributed by atoms with E-state index in [9.17, 15) is 9.59 Å². The molecule has 1 aliphatic heterocycles. The maximum Gasteiger partial charge on any atom is 0.407 e. The number of carboxylic acid groups (broad SMARTS) is 1. The number of hydrogen-bond donors (Lipinski definition) is 1. The van der Waals surface area contributed by atoms with Crippen molar-refractivity contribution in [1.29, 1.82) is 0 Å². The van der Waals surface area contributed by atoms with Crippen LogP contribution >= 0.6 is 0 Å². The van der Waals surface area contributed by atoms with Gasteiger partial charge in [0.2, 0.25) is 0 Å². The van der Waals surface area contributed by atoms with Crippen LogP contribution in [0.4, 0.5) is 4.79 Å². The van der Waals surface area contributed by atoms with Crippen LogP contribution in [-0.2, 0) is 5.41 Å². The molecule has 1 fully saturated rings. The first-order valence-electron chi connectivity index (χ1n) is 6.95. The number of hydrogen-bond acceptors (Lipinski definition) is 2. The summed E-state index contributed by atoms with van der Waals surface area (Å²) in [6.07, 6.45) is 0.363. The largest absolute Gasteiger partial charge is 0.465 e. The zero-order valence-electron chi connectivity index (χ0n) is 12.2. The van der Waals surface area contributed by atoms with Crippen molar-refractivity contribution in [1.82, 2.24) is 4.90 Å². The number of Topliss-reactive ketones (excluding diaryl/α,β-unsaturated/α-hetero) is 1. The molecule has 1 aromatic rings. The van der Waals surface area contributed by atoms with Gasteiger partial charge in [-0.2, -0.15) is 0 Å². The van der Waals surface area contributed by atoms with Crippen LogP contribution in [0.25, 0.3) is 0 Å². The lowest BCUT2D eigenvalue weighted by molar-refractivity contribution is 0.0845. The summed E-state index contributed by atoms with van der Waals surface area (Å²) in [6, 6.07) is 7.00. The Morgan fingerprint density at radius 3 is 2.30 bits per heavy atom. The molecule has 1 aliphatic rings. The monoisotopic (exact) mass is 275 g/mol. The third-order valence-corrected chi connectivity index (χ3v) is 3.84. The lowest BCUT2D eigenvalue weighted by Gasteiger charge is -2.22. The second-order valence-electron chi connectivity index (χ2n) is 6.33. The summed E-state index contributed by atoms with van der Waals surface area (Å²) in [4.78, 5) is 24.8. The molecule has 0 radical (unpaired) electrons. The molecule has 108 valence electrons. The number of carbonyl (C=O) groups excluding carboxylic acids is 1. The van der Waals surface area contributed by atoms with E-state index in [1.54, 1.807) is 12.1 Å². The number of nitrogens with zero attached hydrogens (tertiary/aromatic N) is 1. The molecule has 1 atom stereocenters. The zero-order valence-corrected chi connectivity index (χ0v) is 12.2. The lowest BCUT2D eigenvalue weighted by Crippen LogP contribution is -2.39. The number of rotatable bonds is 2. The minimum absolute atomic E-state index is 0.0437. The van der Waals surface area contributed by atoms with Gasteiger partial charge in [-0.15, -0.1) is 0 Å². The Kier molecular flexibility index (Phi) is 3.84. The van der Waals surface area contributed by atoms with Gasteiger partial charge in [0.25, 0.3) is 0 Å². The van der Waals surface area contributed by atoms with Gasteiger partial charge in [0.05, 0.1) is 6.04 Å². The van der Waals surface area contributed by atoms with Crippen LogP contribution in [0.5, 0.6) is 0 Å². The Hall–Kier alpha value is -1.84. The Labute approximate surface area is 119 Å². The second kappa shape index (κ2) is 5.27. The molecule has 0 spiro atoms. The van der Waals surface area contributed by atoms with Crippen LogP contribution in [0.3, 0.4) is 0 Å². The molecule has 1 N–H and O–H groups in total. The highest BCUT2D eigenvalue weighted by Crippen LogP contribution is 2.25. The van der Waals surface area contributed by atoms with E-state index < -0.39 is 12.1 Å². The SMILES string of the molecule is CC(C)(C)c1ccc(C(=O)[C@@H]2CCCN2C(=O)O)cc1. The zero-order chi connectivity index (χ0) is 14.9. The fraction of sp³-hybridized carbons (Fsp3) is 0.500. The van der Waals surface area contributed by atoms with E-state index in [1.807, 2.05) is 12.1 Å². The molecule has 0 aromatic heterocycles. The number of ketones is 1. The van der Waals surface area contributed by atoms with Crippen LogP contribution in [0, 0.1) is 0 Å². The van der Waals surface area contributed by atoms with Gasteiger partial charge < -0.3 is 5.11 Å². The molecule has 1 saturated heterocycles. The molecule has 4 heteroatoms. The van der Waals surface area contributed by atoms with Crippen molar-refractivity contribution in [2.75, 3.05) is 6.54 Å². The summed E-state index contributed by atoms with van der Waals surface area (Å²) in [7, 11) is 0. The summed E-state index contributed by atoms with van der Waals surface area (Å²) in [5, 5.41) is 9.10. The van der Waals surface area contributed by atoms with Gasteiger partial charge in [-0.05, 0) is 23.8 Å². The average molecular weight is 275 g/mol. The van der Waals surface area contributed by atoms with Crippen LogP contribution in [-0.4, -0.2) is 34.5 Å². The molecule has 4 nitrogen and oxygen atoms in total. The number of likely N-dealkylation sites (tertiary alicyclic amines) is 1. The van der Waals surface area contributed by atoms with Crippen molar-refractivity contribution < 1.29 is 14.7 Å². The smallest absolute Gasteiger partial charge is 0.407 e. The highest BCUT2D eigenvalue weighted by atomic mass is 16.4. The Morgan fingerprint density at radius 2 is 1.80 bits per heavy atom. The third-order valence-electron chi connectivity index (χ3n) is 3.84. The van der Waals surface area contributed by atoms with Gasteiger partial charge >= 0.3 is 6.09 Å². The highest BCUT2D eigenvalue weighted by molar-refractivity contribution is 6.01. The van der Waals surface area contributed by atoms with Gasteiger partial charge in [-0.25, -0.2) is 4.79 Å². The van der Waals surface area contributed by atoms with Crippen LogP contribution in [0.15, 0.2) is 24.3 Å². The molecule has 1 aromatic carbocycles. The summed E-state index contributed by atoms with van der Waals surface area (Å²) < 4.78 is 0. The molecule has 2 rings (SSSR count). The topological polar surface area (TPSA) is 57.6 Å². The third kappa shape index (κ3) is 2.84. The van der Waals surface area contributed by atoms with Crippen molar-refractivity contribution >= 4 is 11.9 Å². The maximum atomic E-state index is 12.4. The van der Waals surface area contributed by atoms with Crippen LogP contribution in [0.1, 0.15) is 49.5 Å². The predicted octanol–water partition coefficient (Wildman–Crippen LogP) is 3.31. The Bertz CT molecular complexity index is 514. The van der Waals surface area contributed by atoms with Crippen molar-refractivity contribution in [3.8, 4) is 0 Å². The van der Waals surface area contributed by atoms with Crippen LogP contribution in [0.2, 0.25) is 0 Å². The average Bonchev–Trinajstić information content (AvgIpc) is 2.86. The minimum atomic E-state index is -1.01. The number of benzene rings is 1. The Morgan fingerprint density at radius 1 is 1.20 bits per heavy atom. The summed E-state index contributed by atoms with van der Waals surface area (Å²) >= 11 is 0. The van der Waals surface area contributed by atoms with E-state index in [-0.39, 0.29) is 11.2 Å². The maximum absolute atomic E-state index is 12.4. The molecule has 20 heavy (non-hydrogen) atoms. The molecule has 0 aliphatic carbocycles. The van der Waals surface area contributed by atoms with Gasteiger partial charge in [0.15, 0.2) is 5.78 Å². The molecule has 0 bridgehead atoms. The fourth-order valence-corrected chi connectivity index (χ4v) is 2.60. The normalized spacial score (nSPS) is 19.1. The standard InChI is InChI=1S/C16H21NO3/c1-16(2,3)12-8-6-11(7-9-12)14(18)13-5-4-10-17(13)15(19)20/h6-9,13H,4-5,10H2,1-3H3,(H,19,20)/t13-/m0/s1. The van der Waals surface area contributed by atoms with E-state index in [2.05, 4.69) is 20.8 Å².